The Morgan fingerprint density at radius 3 is 2.85 bits per heavy atom. The third-order valence-corrected chi connectivity index (χ3v) is 5.00. The molecular formula is C21H21ClN2O2. The second-order valence-corrected chi connectivity index (χ2v) is 7.21. The van der Waals surface area contributed by atoms with Gasteiger partial charge in [-0.2, -0.15) is 0 Å². The first-order chi connectivity index (χ1) is 12.7. The fourth-order valence-electron chi connectivity index (χ4n) is 3.44. The number of carbonyl (C=O) groups excluding carboxylic acids is 1. The zero-order chi connectivity index (χ0) is 17.9. The van der Waals surface area contributed by atoms with E-state index in [4.69, 9.17) is 16.3 Å². The fraction of sp³-hybridized carbons (Fsp3) is 0.286. The molecule has 1 fully saturated rings. The van der Waals surface area contributed by atoms with Crippen LogP contribution in [0, 0.1) is 0 Å². The van der Waals surface area contributed by atoms with Crippen molar-refractivity contribution in [2.45, 2.75) is 19.4 Å². The molecule has 2 aliphatic heterocycles. The van der Waals surface area contributed by atoms with Crippen molar-refractivity contribution < 1.29 is 9.53 Å². The molecule has 2 aromatic carbocycles. The highest BCUT2D eigenvalue weighted by molar-refractivity contribution is 6.30. The number of ether oxygens (including phenoxy) is 1. The summed E-state index contributed by atoms with van der Waals surface area (Å²) < 4.78 is 5.67. The molecule has 134 valence electrons. The molecule has 0 aromatic heterocycles. The van der Waals surface area contributed by atoms with E-state index in [-0.39, 0.29) is 12.5 Å². The molecule has 4 rings (SSSR count). The van der Waals surface area contributed by atoms with Crippen LogP contribution in [-0.2, 0) is 11.3 Å². The number of hydrogen-bond acceptors (Lipinski definition) is 3. The zero-order valence-electron chi connectivity index (χ0n) is 14.5. The highest BCUT2D eigenvalue weighted by Crippen LogP contribution is 2.29. The van der Waals surface area contributed by atoms with Crippen LogP contribution in [0.2, 0.25) is 5.02 Å². The lowest BCUT2D eigenvalue weighted by Gasteiger charge is -2.18. The fourth-order valence-corrected chi connectivity index (χ4v) is 3.62. The molecule has 1 amide bonds. The van der Waals surface area contributed by atoms with Gasteiger partial charge in [-0.1, -0.05) is 23.7 Å². The summed E-state index contributed by atoms with van der Waals surface area (Å²) in [6, 6.07) is 13.5. The lowest BCUT2D eigenvalue weighted by Crippen LogP contribution is -2.21. The molecule has 2 aromatic rings. The summed E-state index contributed by atoms with van der Waals surface area (Å²) in [5, 5.41) is 3.61. The number of halogens is 1. The second-order valence-electron chi connectivity index (χ2n) is 6.78. The van der Waals surface area contributed by atoms with Gasteiger partial charge in [0.05, 0.1) is 5.57 Å². The van der Waals surface area contributed by atoms with Gasteiger partial charge in [0.15, 0.2) is 0 Å². The van der Waals surface area contributed by atoms with Crippen molar-refractivity contribution in [3.8, 4) is 5.75 Å². The molecule has 0 atom stereocenters. The number of benzene rings is 2. The minimum atomic E-state index is -0.144. The van der Waals surface area contributed by atoms with Crippen LogP contribution in [0.15, 0.2) is 48.0 Å². The summed E-state index contributed by atoms with van der Waals surface area (Å²) in [5.74, 6) is 0.604. The van der Waals surface area contributed by atoms with Crippen LogP contribution in [0.3, 0.4) is 0 Å². The van der Waals surface area contributed by atoms with Crippen molar-refractivity contribution >= 4 is 29.3 Å². The van der Waals surface area contributed by atoms with E-state index in [9.17, 15) is 4.79 Å². The SMILES string of the molecule is O=C(Nc1cccc(CN2CCCC2)c1)C1=Cc2cc(Cl)ccc2OC1. The van der Waals surface area contributed by atoms with E-state index >= 15 is 0 Å². The lowest BCUT2D eigenvalue weighted by atomic mass is 10.1. The van der Waals surface area contributed by atoms with Gasteiger partial charge in [0.25, 0.3) is 5.91 Å². The maximum absolute atomic E-state index is 12.6. The topological polar surface area (TPSA) is 41.6 Å². The van der Waals surface area contributed by atoms with Crippen LogP contribution in [-0.4, -0.2) is 30.5 Å². The summed E-state index contributed by atoms with van der Waals surface area (Å²) in [7, 11) is 0. The molecule has 0 spiro atoms. The largest absolute Gasteiger partial charge is 0.488 e. The highest BCUT2D eigenvalue weighted by Gasteiger charge is 2.18. The predicted octanol–water partition coefficient (Wildman–Crippen LogP) is 4.35. The molecule has 2 heterocycles. The Balaban J connectivity index is 1.46. The Bertz CT molecular complexity index is 857. The molecule has 1 N–H and O–H groups in total. The molecular weight excluding hydrogens is 348 g/mol. The molecule has 1 saturated heterocycles. The van der Waals surface area contributed by atoms with E-state index in [1.807, 2.05) is 30.3 Å². The first-order valence-corrected chi connectivity index (χ1v) is 9.31. The Kier molecular flexibility index (Phi) is 4.96. The maximum Gasteiger partial charge on any atom is 0.255 e. The Labute approximate surface area is 158 Å². The van der Waals surface area contributed by atoms with Gasteiger partial charge in [-0.25, -0.2) is 0 Å². The zero-order valence-corrected chi connectivity index (χ0v) is 15.3. The molecule has 0 saturated carbocycles. The number of likely N-dealkylation sites (tertiary alicyclic amines) is 1. The first kappa shape index (κ1) is 17.1. The average Bonchev–Trinajstić information content (AvgIpc) is 3.14. The van der Waals surface area contributed by atoms with Crippen LogP contribution in [0.25, 0.3) is 6.08 Å². The third kappa shape index (κ3) is 3.92. The Hall–Kier alpha value is -2.30. The van der Waals surface area contributed by atoms with Crippen LogP contribution in [0.1, 0.15) is 24.0 Å². The van der Waals surface area contributed by atoms with Gasteiger partial charge in [-0.15, -0.1) is 0 Å². The third-order valence-electron chi connectivity index (χ3n) is 4.77. The number of nitrogens with zero attached hydrogens (tertiary/aromatic N) is 1. The number of carbonyl (C=O) groups is 1. The van der Waals surface area contributed by atoms with Crippen LogP contribution in [0.4, 0.5) is 5.69 Å². The lowest BCUT2D eigenvalue weighted by molar-refractivity contribution is -0.113. The van der Waals surface area contributed by atoms with Gasteiger partial charge in [-0.05, 0) is 67.9 Å². The van der Waals surface area contributed by atoms with Crippen LogP contribution >= 0.6 is 11.6 Å². The predicted molar refractivity (Wildman–Crippen MR) is 105 cm³/mol. The first-order valence-electron chi connectivity index (χ1n) is 8.93. The minimum Gasteiger partial charge on any atom is -0.488 e. The molecule has 5 heteroatoms. The van der Waals surface area contributed by atoms with Gasteiger partial charge in [-0.3, -0.25) is 9.69 Å². The average molecular weight is 369 g/mol. The number of anilines is 1. The van der Waals surface area contributed by atoms with Crippen molar-refractivity contribution in [2.75, 3.05) is 25.0 Å². The van der Waals surface area contributed by atoms with Crippen molar-refractivity contribution in [1.82, 2.24) is 4.90 Å². The van der Waals surface area contributed by atoms with Gasteiger partial charge < -0.3 is 10.1 Å². The molecule has 0 radical (unpaired) electrons. The van der Waals surface area contributed by atoms with E-state index in [0.29, 0.717) is 10.6 Å². The quantitative estimate of drug-likeness (QED) is 0.872. The van der Waals surface area contributed by atoms with E-state index < -0.39 is 0 Å². The standard InChI is InChI=1S/C21H21ClN2O2/c22-18-6-7-20-16(12-18)11-17(14-26-20)21(25)23-19-5-3-4-15(10-19)13-24-8-1-2-9-24/h3-7,10-12H,1-2,8-9,13-14H2,(H,23,25). The van der Waals surface area contributed by atoms with Gasteiger partial charge >= 0.3 is 0 Å². The van der Waals surface area contributed by atoms with E-state index in [2.05, 4.69) is 16.3 Å². The van der Waals surface area contributed by atoms with Crippen LogP contribution < -0.4 is 10.1 Å². The summed E-state index contributed by atoms with van der Waals surface area (Å²) >= 11 is 6.03. The second kappa shape index (κ2) is 7.52. The van der Waals surface area contributed by atoms with E-state index in [1.165, 1.54) is 18.4 Å². The minimum absolute atomic E-state index is 0.144. The summed E-state index contributed by atoms with van der Waals surface area (Å²) in [6.45, 7) is 3.50. The maximum atomic E-state index is 12.6. The number of rotatable bonds is 4. The van der Waals surface area contributed by atoms with Gasteiger partial charge in [0.2, 0.25) is 0 Å². The van der Waals surface area contributed by atoms with Crippen molar-refractivity contribution in [3.05, 3.63) is 64.2 Å². The number of fused-ring (bicyclic) bond motifs is 1. The summed E-state index contributed by atoms with van der Waals surface area (Å²) in [5.41, 5.74) is 3.45. The Morgan fingerprint density at radius 1 is 1.15 bits per heavy atom. The Morgan fingerprint density at radius 2 is 2.00 bits per heavy atom. The number of amides is 1. The molecule has 2 aliphatic rings. The molecule has 0 bridgehead atoms. The monoisotopic (exact) mass is 368 g/mol. The highest BCUT2D eigenvalue weighted by atomic mass is 35.5. The summed E-state index contributed by atoms with van der Waals surface area (Å²) in [4.78, 5) is 15.1. The molecule has 26 heavy (non-hydrogen) atoms. The van der Waals surface area contributed by atoms with E-state index in [1.54, 1.807) is 12.1 Å². The van der Waals surface area contributed by atoms with Gasteiger partial charge in [0, 0.05) is 22.8 Å². The van der Waals surface area contributed by atoms with Crippen molar-refractivity contribution in [2.24, 2.45) is 0 Å². The normalized spacial score (nSPS) is 16.6. The van der Waals surface area contributed by atoms with Crippen molar-refractivity contribution in [3.63, 3.8) is 0 Å². The van der Waals surface area contributed by atoms with Crippen LogP contribution in [0.5, 0.6) is 5.75 Å². The number of nitrogens with one attached hydrogen (secondary N) is 1. The van der Waals surface area contributed by atoms with Crippen molar-refractivity contribution in [1.29, 1.82) is 0 Å². The smallest absolute Gasteiger partial charge is 0.255 e. The number of hydrogen-bond donors (Lipinski definition) is 1. The molecule has 4 nitrogen and oxygen atoms in total. The molecule has 0 unspecified atom stereocenters. The van der Waals surface area contributed by atoms with Gasteiger partial charge in [0.1, 0.15) is 12.4 Å². The molecule has 0 aliphatic carbocycles. The van der Waals surface area contributed by atoms with E-state index in [0.717, 1.165) is 36.6 Å². The summed E-state index contributed by atoms with van der Waals surface area (Å²) in [6.07, 6.45) is 4.39.